The van der Waals surface area contributed by atoms with Crippen LogP contribution in [-0.4, -0.2) is 25.5 Å². The van der Waals surface area contributed by atoms with Gasteiger partial charge in [0.25, 0.3) is 0 Å². The molecule has 1 aliphatic heterocycles. The number of aliphatic carboxylic acids is 1. The summed E-state index contributed by atoms with van der Waals surface area (Å²) < 4.78 is 15.7. The summed E-state index contributed by atoms with van der Waals surface area (Å²) >= 11 is 0. The minimum atomic E-state index is -1.33. The monoisotopic (exact) mass is 325 g/mol. The molecule has 0 spiro atoms. The lowest BCUT2D eigenvalue weighted by Crippen LogP contribution is -2.28. The van der Waals surface area contributed by atoms with E-state index in [4.69, 9.17) is 14.2 Å². The summed E-state index contributed by atoms with van der Waals surface area (Å²) in [5.74, 6) is -0.121. The van der Waals surface area contributed by atoms with Crippen molar-refractivity contribution in [1.29, 1.82) is 0 Å². The van der Waals surface area contributed by atoms with E-state index in [2.05, 4.69) is 0 Å². The molecule has 6 heteroatoms. The number of allylic oxidation sites excluding steroid dienone is 1. The number of carboxylic acid groups (broad SMARTS) is 1. The first-order chi connectivity index (χ1) is 11.6. The fourth-order valence-corrected chi connectivity index (χ4v) is 2.28. The van der Waals surface area contributed by atoms with Crippen LogP contribution in [0.5, 0.6) is 17.2 Å². The molecule has 0 N–H and O–H groups in total. The van der Waals surface area contributed by atoms with Gasteiger partial charge < -0.3 is 24.1 Å². The average Bonchev–Trinajstić information content (AvgIpc) is 2.88. The van der Waals surface area contributed by atoms with Gasteiger partial charge in [-0.05, 0) is 35.9 Å². The summed E-state index contributed by atoms with van der Waals surface area (Å²) in [6, 6.07) is 11.7. The molecule has 2 aromatic rings. The van der Waals surface area contributed by atoms with E-state index in [9.17, 15) is 14.7 Å². The molecule has 0 saturated carbocycles. The van der Waals surface area contributed by atoms with Crippen LogP contribution in [0.4, 0.5) is 0 Å². The van der Waals surface area contributed by atoms with Gasteiger partial charge in [0.1, 0.15) is 23.9 Å². The maximum absolute atomic E-state index is 12.4. The third-order valence-electron chi connectivity index (χ3n) is 3.39. The summed E-state index contributed by atoms with van der Waals surface area (Å²) in [5.41, 5.74) is 1.16. The Hall–Kier alpha value is -3.28. The number of carboxylic acids is 1. The van der Waals surface area contributed by atoms with Crippen LogP contribution in [0.3, 0.4) is 0 Å². The van der Waals surface area contributed by atoms with Gasteiger partial charge in [-0.25, -0.2) is 0 Å². The quantitative estimate of drug-likeness (QED) is 0.773. The van der Waals surface area contributed by atoms with E-state index in [1.54, 1.807) is 25.3 Å². The third kappa shape index (κ3) is 3.22. The molecular weight excluding hydrogens is 312 g/mol. The summed E-state index contributed by atoms with van der Waals surface area (Å²) in [4.78, 5) is 22.8. The Kier molecular flexibility index (Phi) is 4.20. The van der Waals surface area contributed by atoms with Crippen molar-refractivity contribution < 1.29 is 28.9 Å². The van der Waals surface area contributed by atoms with E-state index in [0.717, 1.165) is 5.56 Å². The molecule has 3 rings (SSSR count). The van der Waals surface area contributed by atoms with Gasteiger partial charge in [-0.3, -0.25) is 4.79 Å². The highest BCUT2D eigenvalue weighted by Gasteiger charge is 2.27. The van der Waals surface area contributed by atoms with Crippen LogP contribution in [0.15, 0.2) is 48.2 Å². The minimum absolute atomic E-state index is 0.176. The molecule has 0 aromatic heterocycles. The first-order valence-corrected chi connectivity index (χ1v) is 7.12. The number of benzene rings is 2. The molecule has 2 aromatic carbocycles. The number of rotatable bonds is 5. The van der Waals surface area contributed by atoms with Crippen LogP contribution in [0, 0.1) is 0 Å². The predicted molar refractivity (Wildman–Crippen MR) is 82.9 cm³/mol. The summed E-state index contributed by atoms with van der Waals surface area (Å²) in [7, 11) is 1.56. The standard InChI is InChI=1S/C18H14O6/c1-22-12-4-2-3-11(7-12)8-16-18(21)14-6-5-13(9-15(14)24-16)23-10-17(19)20/h2-9H,10H2,1H3,(H,19,20)/p-1/b16-8-. The van der Waals surface area contributed by atoms with Crippen molar-refractivity contribution in [1.82, 2.24) is 0 Å². The molecule has 0 aliphatic carbocycles. The second-order valence-corrected chi connectivity index (χ2v) is 5.04. The molecule has 24 heavy (non-hydrogen) atoms. The van der Waals surface area contributed by atoms with E-state index < -0.39 is 12.6 Å². The van der Waals surface area contributed by atoms with Gasteiger partial charge in [0, 0.05) is 6.07 Å². The number of hydrogen-bond donors (Lipinski definition) is 0. The average molecular weight is 325 g/mol. The molecule has 1 aliphatic rings. The number of Topliss-reactive ketones (excluding diaryl/α,β-unsaturated/α-hetero) is 1. The molecule has 0 bridgehead atoms. The number of methoxy groups -OCH3 is 1. The smallest absolute Gasteiger partial charge is 0.231 e. The van der Waals surface area contributed by atoms with Crippen LogP contribution >= 0.6 is 0 Å². The third-order valence-corrected chi connectivity index (χ3v) is 3.39. The molecule has 0 atom stereocenters. The Morgan fingerprint density at radius 1 is 1.21 bits per heavy atom. The van der Waals surface area contributed by atoms with Gasteiger partial charge in [-0.1, -0.05) is 12.1 Å². The Morgan fingerprint density at radius 3 is 2.79 bits per heavy atom. The molecule has 6 nitrogen and oxygen atoms in total. The highest BCUT2D eigenvalue weighted by Crippen LogP contribution is 2.35. The topological polar surface area (TPSA) is 84.9 Å². The van der Waals surface area contributed by atoms with Crippen LogP contribution in [0.1, 0.15) is 15.9 Å². The molecule has 1 heterocycles. The summed E-state index contributed by atoms with van der Waals surface area (Å²) in [6.07, 6.45) is 1.62. The zero-order chi connectivity index (χ0) is 17.1. The molecule has 0 amide bonds. The highest BCUT2D eigenvalue weighted by molar-refractivity contribution is 6.14. The Balaban J connectivity index is 1.84. The van der Waals surface area contributed by atoms with Crippen molar-refractivity contribution in [2.45, 2.75) is 0 Å². The predicted octanol–water partition coefficient (Wildman–Crippen LogP) is 1.44. The van der Waals surface area contributed by atoms with Crippen molar-refractivity contribution in [3.8, 4) is 17.2 Å². The number of carbonyl (C=O) groups excluding carboxylic acids is 2. The number of fused-ring (bicyclic) bond motifs is 1. The van der Waals surface area contributed by atoms with Crippen molar-refractivity contribution in [3.05, 3.63) is 59.4 Å². The maximum atomic E-state index is 12.4. The second kappa shape index (κ2) is 6.45. The van der Waals surface area contributed by atoms with Crippen molar-refractivity contribution in [3.63, 3.8) is 0 Å². The fourth-order valence-electron chi connectivity index (χ4n) is 2.28. The number of ether oxygens (including phenoxy) is 3. The summed E-state index contributed by atoms with van der Waals surface area (Å²) in [6.45, 7) is -0.570. The van der Waals surface area contributed by atoms with Crippen LogP contribution in [-0.2, 0) is 4.79 Å². The van der Waals surface area contributed by atoms with Gasteiger partial charge in [-0.15, -0.1) is 0 Å². The first kappa shape index (κ1) is 15.6. The molecule has 122 valence electrons. The molecule has 0 saturated heterocycles. The lowest BCUT2D eigenvalue weighted by molar-refractivity contribution is -0.307. The molecule has 0 unspecified atom stereocenters. The molecular formula is C18H13O6-. The number of ketones is 1. The zero-order valence-corrected chi connectivity index (χ0v) is 12.8. The summed E-state index contributed by atoms with van der Waals surface area (Å²) in [5, 5.41) is 10.4. The Labute approximate surface area is 137 Å². The van der Waals surface area contributed by atoms with Gasteiger partial charge in [0.15, 0.2) is 5.76 Å². The van der Waals surface area contributed by atoms with Gasteiger partial charge in [-0.2, -0.15) is 0 Å². The number of carbonyl (C=O) groups is 2. The van der Waals surface area contributed by atoms with E-state index in [1.807, 2.05) is 12.1 Å². The normalized spacial score (nSPS) is 14.2. The molecule has 0 radical (unpaired) electrons. The van der Waals surface area contributed by atoms with Crippen molar-refractivity contribution in [2.75, 3.05) is 13.7 Å². The van der Waals surface area contributed by atoms with Gasteiger partial charge >= 0.3 is 0 Å². The van der Waals surface area contributed by atoms with Crippen molar-refractivity contribution >= 4 is 17.8 Å². The van der Waals surface area contributed by atoms with E-state index in [-0.39, 0.29) is 17.3 Å². The van der Waals surface area contributed by atoms with Gasteiger partial charge in [0.2, 0.25) is 5.78 Å². The Morgan fingerprint density at radius 2 is 2.04 bits per heavy atom. The van der Waals surface area contributed by atoms with Crippen molar-refractivity contribution in [2.24, 2.45) is 0 Å². The van der Waals surface area contributed by atoms with E-state index in [0.29, 0.717) is 17.1 Å². The van der Waals surface area contributed by atoms with E-state index >= 15 is 0 Å². The van der Waals surface area contributed by atoms with Crippen LogP contribution < -0.4 is 19.3 Å². The SMILES string of the molecule is COc1cccc(/C=C2\Oc3cc(OCC(=O)[O-])ccc3C2=O)c1. The van der Waals surface area contributed by atoms with E-state index in [1.165, 1.54) is 18.2 Å². The number of hydrogen-bond acceptors (Lipinski definition) is 6. The first-order valence-electron chi connectivity index (χ1n) is 7.12. The Bertz CT molecular complexity index is 837. The largest absolute Gasteiger partial charge is 0.546 e. The minimum Gasteiger partial charge on any atom is -0.546 e. The van der Waals surface area contributed by atoms with Crippen LogP contribution in [0.2, 0.25) is 0 Å². The van der Waals surface area contributed by atoms with Gasteiger partial charge in [0.05, 0.1) is 18.6 Å². The zero-order valence-electron chi connectivity index (χ0n) is 12.8. The highest BCUT2D eigenvalue weighted by atomic mass is 16.5. The van der Waals surface area contributed by atoms with Crippen LogP contribution in [0.25, 0.3) is 6.08 Å². The second-order valence-electron chi connectivity index (χ2n) is 5.04. The molecule has 0 fully saturated rings. The lowest BCUT2D eigenvalue weighted by atomic mass is 10.1. The maximum Gasteiger partial charge on any atom is 0.231 e. The lowest BCUT2D eigenvalue weighted by Gasteiger charge is -2.07. The fraction of sp³-hybridized carbons (Fsp3) is 0.111.